The summed E-state index contributed by atoms with van der Waals surface area (Å²) in [5, 5.41) is 12.9. The van der Waals surface area contributed by atoms with Crippen LogP contribution in [-0.2, 0) is 4.79 Å². The second-order valence-corrected chi connectivity index (χ2v) is 8.62. The lowest BCUT2D eigenvalue weighted by molar-refractivity contribution is -0.115. The topological polar surface area (TPSA) is 81.9 Å². The lowest BCUT2D eigenvalue weighted by atomic mass is 10.2. The molecule has 2 aromatic heterocycles. The van der Waals surface area contributed by atoms with E-state index in [1.807, 2.05) is 49.4 Å². The van der Waals surface area contributed by atoms with Crippen molar-refractivity contribution in [1.82, 2.24) is 19.7 Å². The van der Waals surface area contributed by atoms with E-state index in [-0.39, 0.29) is 17.2 Å². The van der Waals surface area contributed by atoms with Gasteiger partial charge in [0.05, 0.1) is 23.6 Å². The fraction of sp³-hybridized carbons (Fsp3) is 0.304. The number of para-hydroxylation sites is 3. The highest BCUT2D eigenvalue weighted by atomic mass is 32.2. The average molecular weight is 436 g/mol. The summed E-state index contributed by atoms with van der Waals surface area (Å²) in [4.78, 5) is 17.7. The first kappa shape index (κ1) is 21.1. The zero-order valence-electron chi connectivity index (χ0n) is 18.0. The number of nitrogens with zero attached hydrogens (tertiary/aromatic N) is 4. The Bertz CT molecular complexity index is 1240. The van der Waals surface area contributed by atoms with Crippen LogP contribution in [0.4, 0.5) is 5.69 Å². The lowest BCUT2D eigenvalue weighted by Gasteiger charge is -2.15. The molecule has 0 spiro atoms. The van der Waals surface area contributed by atoms with E-state index in [1.165, 1.54) is 11.8 Å². The standard InChI is InChI=1S/C23H25N5O2S/c1-5-19(22(29)24-16-11-7-9-13-18(16)30-4)31-23-25-21-20(26-27-23)15-10-6-8-12-17(15)28(21)14(2)3/h6-14,19H,5H2,1-4H3,(H,24,29). The molecule has 0 aliphatic rings. The predicted octanol–water partition coefficient (Wildman–Crippen LogP) is 5.08. The molecule has 0 saturated carbocycles. The number of methoxy groups -OCH3 is 1. The SMILES string of the molecule is CCC(Sc1nnc2c3ccccc3n(C(C)C)c2n1)C(=O)Nc1ccccc1OC. The number of nitrogens with one attached hydrogen (secondary N) is 1. The van der Waals surface area contributed by atoms with Gasteiger partial charge in [-0.25, -0.2) is 4.98 Å². The van der Waals surface area contributed by atoms with Gasteiger partial charge in [-0.3, -0.25) is 4.79 Å². The monoisotopic (exact) mass is 435 g/mol. The zero-order valence-corrected chi connectivity index (χ0v) is 18.8. The summed E-state index contributed by atoms with van der Waals surface area (Å²) in [5.41, 5.74) is 3.29. The number of carbonyl (C=O) groups is 1. The number of hydrogen-bond donors (Lipinski definition) is 1. The molecule has 8 heteroatoms. The quantitative estimate of drug-likeness (QED) is 0.408. The summed E-state index contributed by atoms with van der Waals surface area (Å²) in [6.07, 6.45) is 0.625. The number of hydrogen-bond acceptors (Lipinski definition) is 6. The van der Waals surface area contributed by atoms with Gasteiger partial charge in [0, 0.05) is 11.4 Å². The van der Waals surface area contributed by atoms with Crippen LogP contribution in [0.15, 0.2) is 53.7 Å². The Morgan fingerprint density at radius 3 is 2.61 bits per heavy atom. The summed E-state index contributed by atoms with van der Waals surface area (Å²) < 4.78 is 7.50. The van der Waals surface area contributed by atoms with Crippen molar-refractivity contribution in [2.75, 3.05) is 12.4 Å². The molecular weight excluding hydrogens is 410 g/mol. The minimum Gasteiger partial charge on any atom is -0.495 e. The number of anilines is 1. The normalized spacial score (nSPS) is 12.4. The molecule has 4 rings (SSSR count). The molecular formula is C23H25N5O2S. The minimum atomic E-state index is -0.360. The number of amides is 1. The van der Waals surface area contributed by atoms with E-state index in [4.69, 9.17) is 9.72 Å². The first-order valence-corrected chi connectivity index (χ1v) is 11.1. The fourth-order valence-electron chi connectivity index (χ4n) is 3.63. The molecule has 0 aliphatic heterocycles. The van der Waals surface area contributed by atoms with Gasteiger partial charge in [-0.2, -0.15) is 0 Å². The Kier molecular flexibility index (Phi) is 6.08. The maximum atomic E-state index is 12.9. The first-order chi connectivity index (χ1) is 15.0. The van der Waals surface area contributed by atoms with Gasteiger partial charge in [0.2, 0.25) is 11.1 Å². The molecule has 4 aromatic rings. The van der Waals surface area contributed by atoms with E-state index < -0.39 is 0 Å². The van der Waals surface area contributed by atoms with Gasteiger partial charge in [0.25, 0.3) is 0 Å². The highest BCUT2D eigenvalue weighted by Crippen LogP contribution is 2.31. The number of rotatable bonds is 7. The van der Waals surface area contributed by atoms with Gasteiger partial charge in [0.1, 0.15) is 11.3 Å². The van der Waals surface area contributed by atoms with Crippen LogP contribution < -0.4 is 10.1 Å². The molecule has 2 heterocycles. The van der Waals surface area contributed by atoms with Crippen molar-refractivity contribution in [3.05, 3.63) is 48.5 Å². The molecule has 0 radical (unpaired) electrons. The second kappa shape index (κ2) is 8.93. The second-order valence-electron chi connectivity index (χ2n) is 7.45. The average Bonchev–Trinajstić information content (AvgIpc) is 3.11. The molecule has 0 aliphatic carbocycles. The van der Waals surface area contributed by atoms with Crippen molar-refractivity contribution >= 4 is 45.4 Å². The van der Waals surface area contributed by atoms with Gasteiger partial charge in [-0.15, -0.1) is 10.2 Å². The van der Waals surface area contributed by atoms with E-state index in [9.17, 15) is 4.79 Å². The third kappa shape index (κ3) is 4.07. The summed E-state index contributed by atoms with van der Waals surface area (Å²) in [6.45, 7) is 6.21. The summed E-state index contributed by atoms with van der Waals surface area (Å²) in [5.74, 6) is 0.501. The lowest BCUT2D eigenvalue weighted by Crippen LogP contribution is -2.25. The van der Waals surface area contributed by atoms with Crippen LogP contribution in [0.3, 0.4) is 0 Å². The molecule has 1 amide bonds. The van der Waals surface area contributed by atoms with E-state index in [1.54, 1.807) is 7.11 Å². The minimum absolute atomic E-state index is 0.120. The summed E-state index contributed by atoms with van der Waals surface area (Å²) >= 11 is 1.32. The van der Waals surface area contributed by atoms with Gasteiger partial charge in [0.15, 0.2) is 5.65 Å². The molecule has 160 valence electrons. The Labute approximate surface area is 185 Å². The van der Waals surface area contributed by atoms with Crippen molar-refractivity contribution < 1.29 is 9.53 Å². The molecule has 0 fully saturated rings. The van der Waals surface area contributed by atoms with Crippen LogP contribution in [0, 0.1) is 0 Å². The zero-order chi connectivity index (χ0) is 22.0. The number of benzene rings is 2. The molecule has 0 saturated heterocycles. The summed E-state index contributed by atoms with van der Waals surface area (Å²) in [6, 6.07) is 15.7. The third-order valence-electron chi connectivity index (χ3n) is 5.09. The van der Waals surface area contributed by atoms with Crippen LogP contribution in [0.2, 0.25) is 0 Å². The highest BCUT2D eigenvalue weighted by Gasteiger charge is 2.23. The smallest absolute Gasteiger partial charge is 0.238 e. The predicted molar refractivity (Wildman–Crippen MR) is 125 cm³/mol. The van der Waals surface area contributed by atoms with Crippen LogP contribution in [0.5, 0.6) is 5.75 Å². The van der Waals surface area contributed by atoms with Crippen LogP contribution in [0.25, 0.3) is 22.1 Å². The van der Waals surface area contributed by atoms with Crippen LogP contribution in [-0.4, -0.2) is 38.0 Å². The number of thioether (sulfide) groups is 1. The van der Waals surface area contributed by atoms with Crippen molar-refractivity contribution in [1.29, 1.82) is 0 Å². The Morgan fingerprint density at radius 2 is 1.87 bits per heavy atom. The van der Waals surface area contributed by atoms with Gasteiger partial charge in [-0.05, 0) is 38.5 Å². The molecule has 1 unspecified atom stereocenters. The maximum absolute atomic E-state index is 12.9. The van der Waals surface area contributed by atoms with Gasteiger partial charge in [-0.1, -0.05) is 49.0 Å². The first-order valence-electron chi connectivity index (χ1n) is 10.3. The number of carbonyl (C=O) groups excluding carboxylic acids is 1. The van der Waals surface area contributed by atoms with Gasteiger partial charge < -0.3 is 14.6 Å². The third-order valence-corrected chi connectivity index (χ3v) is 6.30. The largest absolute Gasteiger partial charge is 0.495 e. The molecule has 7 nitrogen and oxygen atoms in total. The fourth-order valence-corrected chi connectivity index (χ4v) is 4.44. The Balaban J connectivity index is 1.64. The molecule has 1 N–H and O–H groups in total. The number of fused-ring (bicyclic) bond motifs is 3. The van der Waals surface area contributed by atoms with Crippen molar-refractivity contribution in [3.63, 3.8) is 0 Å². The molecule has 2 aromatic carbocycles. The highest BCUT2D eigenvalue weighted by molar-refractivity contribution is 8.00. The number of ether oxygens (including phenoxy) is 1. The van der Waals surface area contributed by atoms with E-state index in [2.05, 4.69) is 40.0 Å². The number of aromatic nitrogens is 4. The Hall–Kier alpha value is -3.13. The van der Waals surface area contributed by atoms with E-state index in [0.717, 1.165) is 22.1 Å². The van der Waals surface area contributed by atoms with Crippen molar-refractivity contribution in [3.8, 4) is 5.75 Å². The molecule has 0 bridgehead atoms. The van der Waals surface area contributed by atoms with Gasteiger partial charge >= 0.3 is 0 Å². The van der Waals surface area contributed by atoms with E-state index >= 15 is 0 Å². The van der Waals surface area contributed by atoms with E-state index in [0.29, 0.717) is 23.0 Å². The van der Waals surface area contributed by atoms with Crippen molar-refractivity contribution in [2.24, 2.45) is 0 Å². The van der Waals surface area contributed by atoms with Crippen molar-refractivity contribution in [2.45, 2.75) is 43.6 Å². The Morgan fingerprint density at radius 1 is 1.13 bits per heavy atom. The molecule has 31 heavy (non-hydrogen) atoms. The van der Waals surface area contributed by atoms with Crippen LogP contribution in [0.1, 0.15) is 33.2 Å². The van der Waals surface area contributed by atoms with Crippen LogP contribution >= 0.6 is 11.8 Å². The maximum Gasteiger partial charge on any atom is 0.238 e. The summed E-state index contributed by atoms with van der Waals surface area (Å²) in [7, 11) is 1.58. The molecule has 1 atom stereocenters.